The van der Waals surface area contributed by atoms with Gasteiger partial charge >= 0.3 is 0 Å². The average Bonchev–Trinajstić information content (AvgIpc) is 3.14. The van der Waals surface area contributed by atoms with Crippen LogP contribution in [0.15, 0.2) is 30.5 Å². The molecule has 0 radical (unpaired) electrons. The van der Waals surface area contributed by atoms with Crippen LogP contribution in [0.4, 0.5) is 5.82 Å². The second kappa shape index (κ2) is 3.91. The monoisotopic (exact) mass is 227 g/mol. The fourth-order valence-electron chi connectivity index (χ4n) is 2.10. The predicted molar refractivity (Wildman–Crippen MR) is 68.9 cm³/mol. The van der Waals surface area contributed by atoms with Gasteiger partial charge in [0.2, 0.25) is 0 Å². The zero-order chi connectivity index (χ0) is 11.8. The highest BCUT2D eigenvalue weighted by Crippen LogP contribution is 2.39. The van der Waals surface area contributed by atoms with Crippen LogP contribution >= 0.6 is 0 Å². The van der Waals surface area contributed by atoms with Crippen molar-refractivity contribution in [3.63, 3.8) is 0 Å². The average molecular weight is 227 g/mol. The first-order valence-electron chi connectivity index (χ1n) is 6.11. The summed E-state index contributed by atoms with van der Waals surface area (Å²) in [6, 6.07) is 8.84. The van der Waals surface area contributed by atoms with Crippen molar-refractivity contribution in [2.24, 2.45) is 0 Å². The molecule has 0 amide bonds. The summed E-state index contributed by atoms with van der Waals surface area (Å²) >= 11 is 0. The second-order valence-corrected chi connectivity index (χ2v) is 4.89. The number of nitrogens with two attached hydrogens (primary N) is 1. The van der Waals surface area contributed by atoms with Crippen LogP contribution in [0.25, 0.3) is 0 Å². The number of hydrogen-bond donors (Lipinski definition) is 1. The quantitative estimate of drug-likeness (QED) is 0.876. The molecule has 17 heavy (non-hydrogen) atoms. The fraction of sp³-hybridized carbons (Fsp3) is 0.357. The lowest BCUT2D eigenvalue weighted by molar-refractivity contribution is 0.696. The minimum Gasteiger partial charge on any atom is -0.384 e. The summed E-state index contributed by atoms with van der Waals surface area (Å²) in [5.74, 6) is 1.58. The van der Waals surface area contributed by atoms with E-state index in [1.54, 1.807) is 0 Å². The van der Waals surface area contributed by atoms with Gasteiger partial charge in [-0.2, -0.15) is 5.10 Å². The molecule has 88 valence electrons. The molecule has 2 aromatic rings. The normalized spacial score (nSPS) is 15.1. The van der Waals surface area contributed by atoms with Crippen LogP contribution < -0.4 is 5.73 Å². The highest BCUT2D eigenvalue weighted by Gasteiger charge is 2.22. The zero-order valence-corrected chi connectivity index (χ0v) is 10.1. The molecular formula is C14H17N3. The highest BCUT2D eigenvalue weighted by molar-refractivity contribution is 5.38. The molecule has 1 saturated carbocycles. The molecule has 3 nitrogen and oxygen atoms in total. The van der Waals surface area contributed by atoms with Crippen molar-refractivity contribution in [3.8, 4) is 0 Å². The van der Waals surface area contributed by atoms with Crippen molar-refractivity contribution in [2.45, 2.75) is 32.2 Å². The van der Waals surface area contributed by atoms with Crippen molar-refractivity contribution in [2.75, 3.05) is 5.73 Å². The van der Waals surface area contributed by atoms with E-state index in [2.05, 4.69) is 29.4 Å². The van der Waals surface area contributed by atoms with Gasteiger partial charge in [-0.1, -0.05) is 24.3 Å². The van der Waals surface area contributed by atoms with Crippen LogP contribution in [0.1, 0.15) is 35.4 Å². The summed E-state index contributed by atoms with van der Waals surface area (Å²) in [6.07, 6.45) is 4.52. The summed E-state index contributed by atoms with van der Waals surface area (Å²) in [5, 5.41) is 4.27. The SMILES string of the molecule is Cc1cnn(Cc2ccc(C3CC3)cc2)c1N. The van der Waals surface area contributed by atoms with Gasteiger partial charge in [-0.3, -0.25) is 0 Å². The maximum absolute atomic E-state index is 5.94. The molecule has 0 atom stereocenters. The van der Waals surface area contributed by atoms with Crippen LogP contribution in [0, 0.1) is 6.92 Å². The molecule has 1 heterocycles. The van der Waals surface area contributed by atoms with Crippen LogP contribution in [-0.2, 0) is 6.54 Å². The lowest BCUT2D eigenvalue weighted by Gasteiger charge is -2.06. The van der Waals surface area contributed by atoms with Crippen molar-refractivity contribution >= 4 is 5.82 Å². The van der Waals surface area contributed by atoms with Crippen molar-refractivity contribution in [1.82, 2.24) is 9.78 Å². The number of benzene rings is 1. The fourth-order valence-corrected chi connectivity index (χ4v) is 2.10. The minimum absolute atomic E-state index is 0.755. The number of nitrogen functional groups attached to an aromatic ring is 1. The van der Waals surface area contributed by atoms with Gasteiger partial charge in [0, 0.05) is 5.56 Å². The Labute approximate surface area is 101 Å². The topological polar surface area (TPSA) is 43.8 Å². The lowest BCUT2D eigenvalue weighted by Crippen LogP contribution is -2.06. The molecule has 0 saturated heterocycles. The summed E-state index contributed by atoms with van der Waals surface area (Å²) in [7, 11) is 0. The van der Waals surface area contributed by atoms with Gasteiger partial charge in [0.25, 0.3) is 0 Å². The first-order chi connectivity index (χ1) is 8.24. The van der Waals surface area contributed by atoms with Gasteiger partial charge in [-0.15, -0.1) is 0 Å². The van der Waals surface area contributed by atoms with Gasteiger partial charge in [0.15, 0.2) is 0 Å². The van der Waals surface area contributed by atoms with Crippen LogP contribution in [0.5, 0.6) is 0 Å². The van der Waals surface area contributed by atoms with Gasteiger partial charge in [0.05, 0.1) is 12.7 Å². The second-order valence-electron chi connectivity index (χ2n) is 4.89. The Morgan fingerprint density at radius 3 is 2.53 bits per heavy atom. The summed E-state index contributed by atoms with van der Waals surface area (Å²) in [6.45, 7) is 2.74. The molecule has 3 heteroatoms. The molecule has 1 aromatic carbocycles. The van der Waals surface area contributed by atoms with E-state index in [9.17, 15) is 0 Å². The van der Waals surface area contributed by atoms with Crippen LogP contribution in [0.3, 0.4) is 0 Å². The van der Waals surface area contributed by atoms with Crippen molar-refractivity contribution in [1.29, 1.82) is 0 Å². The first kappa shape index (κ1) is 10.4. The first-order valence-corrected chi connectivity index (χ1v) is 6.11. The van der Waals surface area contributed by atoms with Gasteiger partial charge in [-0.05, 0) is 36.8 Å². The van der Waals surface area contributed by atoms with Crippen molar-refractivity contribution in [3.05, 3.63) is 47.2 Å². The van der Waals surface area contributed by atoms with Crippen LogP contribution in [0.2, 0.25) is 0 Å². The number of aromatic nitrogens is 2. The molecule has 2 N–H and O–H groups in total. The molecule has 1 aromatic heterocycles. The molecular weight excluding hydrogens is 210 g/mol. The molecule has 1 fully saturated rings. The van der Waals surface area contributed by atoms with E-state index in [0.717, 1.165) is 23.8 Å². The molecule has 1 aliphatic carbocycles. The number of anilines is 1. The third kappa shape index (κ3) is 2.05. The third-order valence-corrected chi connectivity index (χ3v) is 3.43. The maximum Gasteiger partial charge on any atom is 0.124 e. The lowest BCUT2D eigenvalue weighted by atomic mass is 10.1. The van der Waals surface area contributed by atoms with Gasteiger partial charge in [-0.25, -0.2) is 4.68 Å². The Kier molecular flexibility index (Phi) is 2.39. The Hall–Kier alpha value is -1.77. The zero-order valence-electron chi connectivity index (χ0n) is 10.1. The number of nitrogens with zero attached hydrogens (tertiary/aromatic N) is 2. The van der Waals surface area contributed by atoms with Gasteiger partial charge < -0.3 is 5.73 Å². The Morgan fingerprint density at radius 1 is 1.29 bits per heavy atom. The summed E-state index contributed by atoms with van der Waals surface area (Å²) in [5.41, 5.74) is 9.70. The van der Waals surface area contributed by atoms with E-state index in [1.165, 1.54) is 24.0 Å². The molecule has 0 aliphatic heterocycles. The number of rotatable bonds is 3. The molecule has 3 rings (SSSR count). The Bertz CT molecular complexity index is 521. The third-order valence-electron chi connectivity index (χ3n) is 3.43. The Balaban J connectivity index is 1.78. The summed E-state index contributed by atoms with van der Waals surface area (Å²) < 4.78 is 1.85. The largest absolute Gasteiger partial charge is 0.384 e. The van der Waals surface area contributed by atoms with E-state index in [-0.39, 0.29) is 0 Å². The molecule has 0 unspecified atom stereocenters. The molecule has 1 aliphatic rings. The van der Waals surface area contributed by atoms with E-state index in [4.69, 9.17) is 5.73 Å². The number of aryl methyl sites for hydroxylation is 1. The standard InChI is InChI=1S/C14H17N3/c1-10-8-16-17(14(10)15)9-11-2-4-12(5-3-11)13-6-7-13/h2-5,8,13H,6-7,9,15H2,1H3. The van der Waals surface area contributed by atoms with E-state index >= 15 is 0 Å². The van der Waals surface area contributed by atoms with E-state index < -0.39 is 0 Å². The minimum atomic E-state index is 0.755. The predicted octanol–water partition coefficient (Wildman–Crippen LogP) is 2.70. The molecule has 0 bridgehead atoms. The number of hydrogen-bond acceptors (Lipinski definition) is 2. The van der Waals surface area contributed by atoms with Crippen molar-refractivity contribution < 1.29 is 0 Å². The van der Waals surface area contributed by atoms with Crippen LogP contribution in [-0.4, -0.2) is 9.78 Å². The van der Waals surface area contributed by atoms with E-state index in [1.807, 2.05) is 17.8 Å². The highest BCUT2D eigenvalue weighted by atomic mass is 15.3. The van der Waals surface area contributed by atoms with E-state index in [0.29, 0.717) is 0 Å². The van der Waals surface area contributed by atoms with Gasteiger partial charge in [0.1, 0.15) is 5.82 Å². The maximum atomic E-state index is 5.94. The Morgan fingerprint density at radius 2 is 2.00 bits per heavy atom. The summed E-state index contributed by atoms with van der Waals surface area (Å²) in [4.78, 5) is 0. The smallest absolute Gasteiger partial charge is 0.124 e. The molecule has 0 spiro atoms.